The summed E-state index contributed by atoms with van der Waals surface area (Å²) in [6, 6.07) is 11.0. The van der Waals surface area contributed by atoms with Crippen LogP contribution in [0.3, 0.4) is 0 Å². The fraction of sp³-hybridized carbons (Fsp3) is 0.263. The summed E-state index contributed by atoms with van der Waals surface area (Å²) in [5, 5.41) is 5.47. The second kappa shape index (κ2) is 7.78. The number of carbonyl (C=O) groups excluding carboxylic acids is 2. The molecule has 26 heavy (non-hydrogen) atoms. The van der Waals surface area contributed by atoms with Crippen molar-refractivity contribution in [2.24, 2.45) is 0 Å². The molecule has 7 heteroatoms. The van der Waals surface area contributed by atoms with Gasteiger partial charge in [-0.25, -0.2) is 9.18 Å². The summed E-state index contributed by atoms with van der Waals surface area (Å²) in [4.78, 5) is 27.4. The number of rotatable bonds is 4. The van der Waals surface area contributed by atoms with Crippen LogP contribution in [0, 0.1) is 12.7 Å². The summed E-state index contributed by atoms with van der Waals surface area (Å²) >= 11 is 1.58. The molecule has 1 heterocycles. The van der Waals surface area contributed by atoms with E-state index in [4.69, 9.17) is 0 Å². The lowest BCUT2D eigenvalue weighted by Gasteiger charge is -2.18. The molecule has 1 aliphatic heterocycles. The topological polar surface area (TPSA) is 61.4 Å². The Hall–Kier alpha value is -2.54. The van der Waals surface area contributed by atoms with Crippen LogP contribution in [0.15, 0.2) is 47.4 Å². The average molecular weight is 373 g/mol. The van der Waals surface area contributed by atoms with Crippen molar-refractivity contribution >= 4 is 35.1 Å². The largest absolute Gasteiger partial charge is 0.326 e. The van der Waals surface area contributed by atoms with E-state index in [0.717, 1.165) is 4.90 Å². The first kappa shape index (κ1) is 18.3. The van der Waals surface area contributed by atoms with Crippen LogP contribution in [0.4, 0.5) is 20.6 Å². The summed E-state index contributed by atoms with van der Waals surface area (Å²) in [5.41, 5.74) is 1.80. The molecule has 0 radical (unpaired) electrons. The Bertz CT molecular complexity index is 843. The Balaban J connectivity index is 1.62. The zero-order valence-corrected chi connectivity index (χ0v) is 15.4. The number of amides is 3. The van der Waals surface area contributed by atoms with Gasteiger partial charge in [-0.15, -0.1) is 11.8 Å². The van der Waals surface area contributed by atoms with Crippen LogP contribution < -0.4 is 15.5 Å². The summed E-state index contributed by atoms with van der Waals surface area (Å²) < 4.78 is 13.4. The third kappa shape index (κ3) is 3.99. The van der Waals surface area contributed by atoms with Crippen molar-refractivity contribution in [2.75, 3.05) is 23.0 Å². The van der Waals surface area contributed by atoms with Crippen LogP contribution in [0.5, 0.6) is 0 Å². The lowest BCUT2D eigenvalue weighted by molar-refractivity contribution is -0.118. The van der Waals surface area contributed by atoms with E-state index in [1.807, 2.05) is 24.5 Å². The number of hydrogen-bond acceptors (Lipinski definition) is 3. The normalized spacial score (nSPS) is 16.7. The molecule has 0 spiro atoms. The molecule has 0 unspecified atom stereocenters. The van der Waals surface area contributed by atoms with Crippen LogP contribution in [0.2, 0.25) is 0 Å². The van der Waals surface area contributed by atoms with Gasteiger partial charge in [0.05, 0.1) is 0 Å². The highest BCUT2D eigenvalue weighted by atomic mass is 32.2. The molecule has 1 atom stereocenters. The molecule has 2 aromatic carbocycles. The lowest BCUT2D eigenvalue weighted by atomic mass is 10.2. The SMILES string of the molecule is CSc1cccc(NC(=O)N[C@H]2CCN(c3ccc(F)c(C)c3)C2=O)c1. The first-order valence-electron chi connectivity index (χ1n) is 8.27. The highest BCUT2D eigenvalue weighted by molar-refractivity contribution is 7.98. The fourth-order valence-corrected chi connectivity index (χ4v) is 3.35. The van der Waals surface area contributed by atoms with Gasteiger partial charge in [0.25, 0.3) is 0 Å². The third-order valence-electron chi connectivity index (χ3n) is 4.29. The lowest BCUT2D eigenvalue weighted by Crippen LogP contribution is -2.43. The molecule has 1 aliphatic rings. The average Bonchev–Trinajstić information content (AvgIpc) is 2.98. The van der Waals surface area contributed by atoms with E-state index in [2.05, 4.69) is 10.6 Å². The second-order valence-electron chi connectivity index (χ2n) is 6.10. The van der Waals surface area contributed by atoms with Crippen LogP contribution in [0.25, 0.3) is 0 Å². The van der Waals surface area contributed by atoms with Gasteiger partial charge in [-0.1, -0.05) is 6.07 Å². The number of hydrogen-bond donors (Lipinski definition) is 2. The highest BCUT2D eigenvalue weighted by Crippen LogP contribution is 2.24. The number of benzene rings is 2. The van der Waals surface area contributed by atoms with Crippen molar-refractivity contribution in [3.05, 3.63) is 53.8 Å². The molecule has 2 N–H and O–H groups in total. The van der Waals surface area contributed by atoms with Gasteiger partial charge in [-0.3, -0.25) is 4.79 Å². The quantitative estimate of drug-likeness (QED) is 0.802. The van der Waals surface area contributed by atoms with Gasteiger partial charge in [-0.2, -0.15) is 0 Å². The monoisotopic (exact) mass is 373 g/mol. The van der Waals surface area contributed by atoms with E-state index in [1.54, 1.807) is 41.8 Å². The number of urea groups is 1. The van der Waals surface area contributed by atoms with E-state index >= 15 is 0 Å². The number of carbonyl (C=O) groups is 2. The molecule has 136 valence electrons. The van der Waals surface area contributed by atoms with Gasteiger partial charge in [0.1, 0.15) is 11.9 Å². The Morgan fingerprint density at radius 2 is 2.08 bits per heavy atom. The van der Waals surface area contributed by atoms with Gasteiger partial charge in [0, 0.05) is 22.8 Å². The van der Waals surface area contributed by atoms with Gasteiger partial charge in [0.2, 0.25) is 5.91 Å². The molecule has 1 saturated heterocycles. The fourth-order valence-electron chi connectivity index (χ4n) is 2.89. The van der Waals surface area contributed by atoms with Gasteiger partial charge in [-0.05, 0) is 61.6 Å². The van der Waals surface area contributed by atoms with Crippen LogP contribution in [-0.4, -0.2) is 30.8 Å². The minimum atomic E-state index is -0.593. The van der Waals surface area contributed by atoms with Crippen molar-refractivity contribution in [3.8, 4) is 0 Å². The molecule has 0 aliphatic carbocycles. The Morgan fingerprint density at radius 3 is 2.81 bits per heavy atom. The molecular formula is C19H20FN3O2S. The summed E-state index contributed by atoms with van der Waals surface area (Å²) in [5.74, 6) is -0.494. The standard InChI is InChI=1S/C19H20FN3O2S/c1-12-10-14(6-7-16(12)20)23-9-8-17(18(23)24)22-19(25)21-13-4-3-5-15(11-13)26-2/h3-7,10-11,17H,8-9H2,1-2H3,(H2,21,22,25)/t17-/m0/s1. The number of thioether (sulfide) groups is 1. The van der Waals surface area contributed by atoms with Crippen molar-refractivity contribution in [1.82, 2.24) is 5.32 Å². The van der Waals surface area contributed by atoms with Crippen molar-refractivity contribution in [3.63, 3.8) is 0 Å². The molecule has 0 saturated carbocycles. The zero-order chi connectivity index (χ0) is 18.7. The number of anilines is 2. The Labute approximate surface area is 156 Å². The highest BCUT2D eigenvalue weighted by Gasteiger charge is 2.33. The Kier molecular flexibility index (Phi) is 5.46. The number of nitrogens with zero attached hydrogens (tertiary/aromatic N) is 1. The first-order valence-corrected chi connectivity index (χ1v) is 9.49. The van der Waals surface area contributed by atoms with Crippen molar-refractivity contribution < 1.29 is 14.0 Å². The first-order chi connectivity index (χ1) is 12.5. The van der Waals surface area contributed by atoms with Gasteiger partial charge >= 0.3 is 6.03 Å². The van der Waals surface area contributed by atoms with E-state index < -0.39 is 12.1 Å². The number of aryl methyl sites for hydroxylation is 1. The third-order valence-corrected chi connectivity index (χ3v) is 5.02. The number of nitrogens with one attached hydrogen (secondary N) is 2. The minimum Gasteiger partial charge on any atom is -0.326 e. The van der Waals surface area contributed by atoms with Crippen LogP contribution in [-0.2, 0) is 4.79 Å². The molecule has 3 amide bonds. The molecule has 3 rings (SSSR count). The predicted octanol–water partition coefficient (Wildman–Crippen LogP) is 3.78. The molecule has 2 aromatic rings. The molecule has 0 aromatic heterocycles. The maximum atomic E-state index is 13.4. The zero-order valence-electron chi connectivity index (χ0n) is 14.6. The summed E-state index contributed by atoms with van der Waals surface area (Å²) in [7, 11) is 0. The molecule has 1 fully saturated rings. The van der Waals surface area contributed by atoms with E-state index in [0.29, 0.717) is 29.9 Å². The van der Waals surface area contributed by atoms with Crippen LogP contribution in [0.1, 0.15) is 12.0 Å². The van der Waals surface area contributed by atoms with E-state index in [-0.39, 0.29) is 11.7 Å². The second-order valence-corrected chi connectivity index (χ2v) is 6.97. The predicted molar refractivity (Wildman–Crippen MR) is 102 cm³/mol. The van der Waals surface area contributed by atoms with E-state index in [1.165, 1.54) is 6.07 Å². The summed E-state index contributed by atoms with van der Waals surface area (Å²) in [6.45, 7) is 2.14. The Morgan fingerprint density at radius 1 is 1.27 bits per heavy atom. The molecule has 0 bridgehead atoms. The van der Waals surface area contributed by atoms with Gasteiger partial charge in [0.15, 0.2) is 0 Å². The van der Waals surface area contributed by atoms with Crippen molar-refractivity contribution in [1.29, 1.82) is 0 Å². The van der Waals surface area contributed by atoms with Crippen molar-refractivity contribution in [2.45, 2.75) is 24.3 Å². The molecular weight excluding hydrogens is 353 g/mol. The maximum Gasteiger partial charge on any atom is 0.319 e. The maximum absolute atomic E-state index is 13.4. The van der Waals surface area contributed by atoms with Crippen LogP contribution >= 0.6 is 11.8 Å². The number of halogens is 1. The van der Waals surface area contributed by atoms with Gasteiger partial charge < -0.3 is 15.5 Å². The van der Waals surface area contributed by atoms with E-state index in [9.17, 15) is 14.0 Å². The molecule has 5 nitrogen and oxygen atoms in total. The smallest absolute Gasteiger partial charge is 0.319 e. The summed E-state index contributed by atoms with van der Waals surface area (Å²) in [6.07, 6.45) is 2.47. The minimum absolute atomic E-state index is 0.191.